The normalized spacial score (nSPS) is 27.0. The second-order valence-electron chi connectivity index (χ2n) is 7.89. The molecule has 2 aliphatic heterocycles. The van der Waals surface area contributed by atoms with Crippen molar-refractivity contribution < 1.29 is 9.90 Å². The van der Waals surface area contributed by atoms with Crippen LogP contribution in [-0.2, 0) is 4.79 Å². The third-order valence-electron chi connectivity index (χ3n) is 5.12. The van der Waals surface area contributed by atoms with Crippen LogP contribution in [0.2, 0.25) is 0 Å². The van der Waals surface area contributed by atoms with E-state index in [1.807, 2.05) is 4.90 Å². The van der Waals surface area contributed by atoms with E-state index >= 15 is 0 Å². The number of aliphatic hydroxyl groups is 1. The van der Waals surface area contributed by atoms with E-state index < -0.39 is 6.10 Å². The molecule has 0 spiro atoms. The molecule has 2 atom stereocenters. The first-order valence-electron chi connectivity index (χ1n) is 8.54. The molecule has 122 valence electrons. The van der Waals surface area contributed by atoms with Gasteiger partial charge in [-0.2, -0.15) is 0 Å². The predicted octanol–water partition coefficient (Wildman–Crippen LogP) is 2.12. The Bertz CT molecular complexity index is 351. The van der Waals surface area contributed by atoms with Crippen molar-refractivity contribution in [2.24, 2.45) is 11.3 Å². The van der Waals surface area contributed by atoms with Gasteiger partial charge < -0.3 is 14.9 Å². The van der Waals surface area contributed by atoms with E-state index in [0.29, 0.717) is 24.9 Å². The summed E-state index contributed by atoms with van der Waals surface area (Å²) in [7, 11) is 0. The number of hydrogen-bond donors (Lipinski definition) is 1. The van der Waals surface area contributed by atoms with Gasteiger partial charge in [-0.1, -0.05) is 20.8 Å². The van der Waals surface area contributed by atoms with Crippen molar-refractivity contribution >= 4 is 5.91 Å². The van der Waals surface area contributed by atoms with Crippen LogP contribution in [0.15, 0.2) is 0 Å². The minimum Gasteiger partial charge on any atom is -0.390 e. The summed E-state index contributed by atoms with van der Waals surface area (Å²) in [6.45, 7) is 11.2. The van der Waals surface area contributed by atoms with Gasteiger partial charge in [0, 0.05) is 26.1 Å². The van der Waals surface area contributed by atoms with E-state index in [-0.39, 0.29) is 5.91 Å². The number of aliphatic hydroxyl groups excluding tert-OH is 1. The lowest BCUT2D eigenvalue weighted by Gasteiger charge is -2.30. The zero-order valence-corrected chi connectivity index (χ0v) is 14.0. The third kappa shape index (κ3) is 4.96. The molecule has 0 bridgehead atoms. The molecule has 2 aliphatic rings. The summed E-state index contributed by atoms with van der Waals surface area (Å²) in [4.78, 5) is 15.8. The van der Waals surface area contributed by atoms with Gasteiger partial charge in [-0.05, 0) is 50.1 Å². The lowest BCUT2D eigenvalue weighted by molar-refractivity contribution is -0.129. The molecule has 2 heterocycles. The minimum atomic E-state index is -0.404. The van der Waals surface area contributed by atoms with Crippen molar-refractivity contribution in [2.75, 3.05) is 32.7 Å². The lowest BCUT2D eigenvalue weighted by Crippen LogP contribution is -2.41. The van der Waals surface area contributed by atoms with Crippen LogP contribution in [0.5, 0.6) is 0 Å². The summed E-state index contributed by atoms with van der Waals surface area (Å²) in [6.07, 6.45) is 4.93. The first-order valence-corrected chi connectivity index (χ1v) is 8.54. The standard InChI is InChI=1S/C17H32N2O2/c1-17(2,3)14-6-4-9-18(11-8-14)12-15(20)13-19-10-5-7-16(19)21/h14-15,20H,4-13H2,1-3H3/t14-,15-/m1/s1. The van der Waals surface area contributed by atoms with Gasteiger partial charge in [0.15, 0.2) is 0 Å². The van der Waals surface area contributed by atoms with Gasteiger partial charge >= 0.3 is 0 Å². The summed E-state index contributed by atoms with van der Waals surface area (Å²) in [5, 5.41) is 10.3. The number of amides is 1. The molecule has 4 nitrogen and oxygen atoms in total. The Balaban J connectivity index is 1.76. The second kappa shape index (κ2) is 7.10. The van der Waals surface area contributed by atoms with Gasteiger partial charge in [0.2, 0.25) is 5.91 Å². The highest BCUT2D eigenvalue weighted by atomic mass is 16.3. The Morgan fingerprint density at radius 3 is 2.52 bits per heavy atom. The van der Waals surface area contributed by atoms with E-state index in [4.69, 9.17) is 0 Å². The fourth-order valence-electron chi connectivity index (χ4n) is 3.71. The summed E-state index contributed by atoms with van der Waals surface area (Å²) >= 11 is 0. The molecule has 21 heavy (non-hydrogen) atoms. The number of β-amino-alcohol motifs (C(OH)–C–C–N with tert-alkyl or cyclic N) is 1. The molecular weight excluding hydrogens is 264 g/mol. The largest absolute Gasteiger partial charge is 0.390 e. The number of likely N-dealkylation sites (tertiary alicyclic amines) is 2. The van der Waals surface area contributed by atoms with Gasteiger partial charge in [-0.3, -0.25) is 4.79 Å². The average Bonchev–Trinajstić information content (AvgIpc) is 2.64. The van der Waals surface area contributed by atoms with Gasteiger partial charge in [0.1, 0.15) is 0 Å². The van der Waals surface area contributed by atoms with Crippen molar-refractivity contribution in [3.63, 3.8) is 0 Å². The van der Waals surface area contributed by atoms with E-state index in [1.54, 1.807) is 0 Å². The molecule has 0 unspecified atom stereocenters. The molecule has 0 aromatic heterocycles. The Labute approximate surface area is 129 Å². The molecule has 0 aliphatic carbocycles. The number of hydrogen-bond acceptors (Lipinski definition) is 3. The molecular formula is C17H32N2O2. The fourth-order valence-corrected chi connectivity index (χ4v) is 3.71. The van der Waals surface area contributed by atoms with E-state index in [1.165, 1.54) is 19.3 Å². The van der Waals surface area contributed by atoms with Gasteiger partial charge in [0.25, 0.3) is 0 Å². The molecule has 1 N–H and O–H groups in total. The molecule has 4 heteroatoms. The Hall–Kier alpha value is -0.610. The summed E-state index contributed by atoms with van der Waals surface area (Å²) in [6, 6.07) is 0. The number of rotatable bonds is 4. The van der Waals surface area contributed by atoms with Crippen molar-refractivity contribution in [1.29, 1.82) is 0 Å². The summed E-state index contributed by atoms with van der Waals surface area (Å²) in [5.74, 6) is 0.984. The molecule has 0 saturated carbocycles. The number of nitrogens with zero attached hydrogens (tertiary/aromatic N) is 2. The highest BCUT2D eigenvalue weighted by Gasteiger charge is 2.28. The van der Waals surface area contributed by atoms with Gasteiger partial charge in [0.05, 0.1) is 6.10 Å². The van der Waals surface area contributed by atoms with E-state index in [9.17, 15) is 9.90 Å². The molecule has 0 aromatic rings. The van der Waals surface area contributed by atoms with Crippen LogP contribution in [0.1, 0.15) is 52.9 Å². The van der Waals surface area contributed by atoms with E-state index in [0.717, 1.165) is 32.0 Å². The van der Waals surface area contributed by atoms with Crippen LogP contribution in [0.4, 0.5) is 0 Å². The zero-order chi connectivity index (χ0) is 15.5. The van der Waals surface area contributed by atoms with Crippen LogP contribution in [0.25, 0.3) is 0 Å². The van der Waals surface area contributed by atoms with Gasteiger partial charge in [-0.15, -0.1) is 0 Å². The quantitative estimate of drug-likeness (QED) is 0.864. The highest BCUT2D eigenvalue weighted by molar-refractivity contribution is 5.78. The Kier molecular flexibility index (Phi) is 5.67. The number of carbonyl (C=O) groups excluding carboxylic acids is 1. The summed E-state index contributed by atoms with van der Waals surface area (Å²) in [5.41, 5.74) is 0.386. The van der Waals surface area contributed by atoms with Crippen LogP contribution in [0, 0.1) is 11.3 Å². The van der Waals surface area contributed by atoms with Crippen LogP contribution < -0.4 is 0 Å². The molecule has 1 amide bonds. The van der Waals surface area contributed by atoms with Gasteiger partial charge in [-0.25, -0.2) is 0 Å². The zero-order valence-electron chi connectivity index (χ0n) is 14.0. The fraction of sp³-hybridized carbons (Fsp3) is 0.941. The third-order valence-corrected chi connectivity index (χ3v) is 5.12. The Morgan fingerprint density at radius 2 is 1.90 bits per heavy atom. The smallest absolute Gasteiger partial charge is 0.222 e. The molecule has 2 rings (SSSR count). The van der Waals surface area contributed by atoms with Crippen molar-refractivity contribution in [1.82, 2.24) is 9.80 Å². The SMILES string of the molecule is CC(C)(C)[C@@H]1CCCN(C[C@@H](O)CN2CCCC2=O)CC1. The topological polar surface area (TPSA) is 43.8 Å². The second-order valence-corrected chi connectivity index (χ2v) is 7.89. The van der Waals surface area contributed by atoms with Crippen LogP contribution >= 0.6 is 0 Å². The van der Waals surface area contributed by atoms with Crippen molar-refractivity contribution in [3.8, 4) is 0 Å². The highest BCUT2D eigenvalue weighted by Crippen LogP contribution is 2.34. The maximum Gasteiger partial charge on any atom is 0.222 e. The maximum absolute atomic E-state index is 11.6. The molecule has 0 radical (unpaired) electrons. The maximum atomic E-state index is 11.6. The van der Waals surface area contributed by atoms with Crippen LogP contribution in [-0.4, -0.2) is 59.6 Å². The summed E-state index contributed by atoms with van der Waals surface area (Å²) < 4.78 is 0. The first kappa shape index (κ1) is 16.8. The molecule has 2 fully saturated rings. The predicted molar refractivity (Wildman–Crippen MR) is 85.1 cm³/mol. The average molecular weight is 296 g/mol. The van der Waals surface area contributed by atoms with E-state index in [2.05, 4.69) is 25.7 Å². The number of carbonyl (C=O) groups is 1. The monoisotopic (exact) mass is 296 g/mol. The first-order chi connectivity index (χ1) is 9.86. The van der Waals surface area contributed by atoms with Crippen molar-refractivity contribution in [2.45, 2.75) is 59.0 Å². The Morgan fingerprint density at radius 1 is 1.14 bits per heavy atom. The van der Waals surface area contributed by atoms with Crippen LogP contribution in [0.3, 0.4) is 0 Å². The minimum absolute atomic E-state index is 0.206. The van der Waals surface area contributed by atoms with Crippen molar-refractivity contribution in [3.05, 3.63) is 0 Å². The molecule has 2 saturated heterocycles. The lowest BCUT2D eigenvalue weighted by atomic mass is 9.77. The molecule has 0 aromatic carbocycles.